The average Bonchev–Trinajstić information content (AvgIpc) is 2.19. The molecule has 8 heavy (non-hydrogen) atoms. The quantitative estimate of drug-likeness (QED) is 0.516. The molecule has 0 aromatic heterocycles. The van der Waals surface area contributed by atoms with Crippen molar-refractivity contribution in [2.45, 2.75) is 6.92 Å². The average molecular weight is 113 g/mol. The van der Waals surface area contributed by atoms with Gasteiger partial charge in [0.2, 0.25) is 0 Å². The van der Waals surface area contributed by atoms with E-state index in [0.717, 1.165) is 6.54 Å². The van der Waals surface area contributed by atoms with Crippen molar-refractivity contribution in [2.75, 3.05) is 13.2 Å². The first kappa shape index (κ1) is 5.37. The SMILES string of the molecule is CC[N]N1CNC=N1. The minimum atomic E-state index is 0.716. The molecule has 0 aliphatic carbocycles. The largest absolute Gasteiger partial charge is 0.355 e. The van der Waals surface area contributed by atoms with Crippen molar-refractivity contribution in [2.24, 2.45) is 5.10 Å². The first-order valence-corrected chi connectivity index (χ1v) is 2.64. The maximum atomic E-state index is 4.00. The van der Waals surface area contributed by atoms with E-state index in [4.69, 9.17) is 0 Å². The second-order valence-electron chi connectivity index (χ2n) is 1.44. The Bertz CT molecular complexity index is 90.0. The summed E-state index contributed by atoms with van der Waals surface area (Å²) in [7, 11) is 0. The van der Waals surface area contributed by atoms with Gasteiger partial charge < -0.3 is 5.32 Å². The molecule has 1 aliphatic rings. The maximum absolute atomic E-state index is 4.00. The van der Waals surface area contributed by atoms with Crippen LogP contribution in [-0.2, 0) is 0 Å². The maximum Gasteiger partial charge on any atom is 0.124 e. The van der Waals surface area contributed by atoms with Crippen LogP contribution >= 0.6 is 0 Å². The van der Waals surface area contributed by atoms with Crippen LogP contribution in [-0.4, -0.2) is 24.7 Å². The van der Waals surface area contributed by atoms with Gasteiger partial charge in [0.05, 0.1) is 0 Å². The lowest BCUT2D eigenvalue weighted by molar-refractivity contribution is 0.209. The second kappa shape index (κ2) is 2.52. The third-order valence-electron chi connectivity index (χ3n) is 0.820. The Morgan fingerprint density at radius 3 is 3.38 bits per heavy atom. The first-order valence-electron chi connectivity index (χ1n) is 2.64. The van der Waals surface area contributed by atoms with Crippen LogP contribution in [0.1, 0.15) is 6.92 Å². The summed E-state index contributed by atoms with van der Waals surface area (Å²) in [6.45, 7) is 3.49. The summed E-state index contributed by atoms with van der Waals surface area (Å²) in [5.41, 5.74) is 4.00. The van der Waals surface area contributed by atoms with Crippen LogP contribution < -0.4 is 10.7 Å². The third-order valence-corrected chi connectivity index (χ3v) is 0.820. The molecule has 0 saturated carbocycles. The van der Waals surface area contributed by atoms with Crippen LogP contribution in [0, 0.1) is 0 Å². The fourth-order valence-electron chi connectivity index (χ4n) is 0.521. The molecular formula is C4H9N4. The highest BCUT2D eigenvalue weighted by molar-refractivity contribution is 5.55. The fraction of sp³-hybridized carbons (Fsp3) is 0.750. The monoisotopic (exact) mass is 113 g/mol. The number of hydrazone groups is 1. The Hall–Kier alpha value is -0.770. The van der Waals surface area contributed by atoms with Crippen LogP contribution in [0.2, 0.25) is 0 Å². The van der Waals surface area contributed by atoms with Crippen molar-refractivity contribution in [3.8, 4) is 0 Å². The van der Waals surface area contributed by atoms with Gasteiger partial charge in [-0.1, -0.05) is 0 Å². The summed E-state index contributed by atoms with van der Waals surface area (Å²) >= 11 is 0. The molecule has 0 atom stereocenters. The van der Waals surface area contributed by atoms with Crippen LogP contribution in [0.3, 0.4) is 0 Å². The van der Waals surface area contributed by atoms with Crippen molar-refractivity contribution < 1.29 is 0 Å². The van der Waals surface area contributed by atoms with Gasteiger partial charge in [0.1, 0.15) is 13.0 Å². The van der Waals surface area contributed by atoms with Gasteiger partial charge >= 0.3 is 0 Å². The normalized spacial score (nSPS) is 16.9. The molecular weight excluding hydrogens is 104 g/mol. The molecule has 45 valence electrons. The minimum Gasteiger partial charge on any atom is -0.355 e. The van der Waals surface area contributed by atoms with Gasteiger partial charge in [0.15, 0.2) is 0 Å². The lowest BCUT2D eigenvalue weighted by Gasteiger charge is -2.07. The zero-order valence-corrected chi connectivity index (χ0v) is 4.83. The zero-order valence-electron chi connectivity index (χ0n) is 4.83. The fourth-order valence-corrected chi connectivity index (χ4v) is 0.521. The number of hydrogen-bond donors (Lipinski definition) is 1. The van der Waals surface area contributed by atoms with E-state index in [-0.39, 0.29) is 0 Å². The Kier molecular flexibility index (Phi) is 1.69. The summed E-state index contributed by atoms with van der Waals surface area (Å²) in [5.74, 6) is 0. The molecule has 0 aromatic carbocycles. The zero-order chi connectivity index (χ0) is 5.82. The van der Waals surface area contributed by atoms with E-state index in [9.17, 15) is 0 Å². The molecule has 0 aromatic rings. The molecule has 0 fully saturated rings. The van der Waals surface area contributed by atoms with E-state index in [1.807, 2.05) is 6.92 Å². The van der Waals surface area contributed by atoms with Gasteiger partial charge in [-0.3, -0.25) is 0 Å². The Labute approximate surface area is 48.5 Å². The molecule has 1 heterocycles. The van der Waals surface area contributed by atoms with Crippen molar-refractivity contribution in [3.05, 3.63) is 0 Å². The standard InChI is InChI=1S/C4H9N4/c1-2-6-8-4-5-3-7-8/h3H,2,4H2,1H3,(H,5,7). The van der Waals surface area contributed by atoms with Gasteiger partial charge in [0, 0.05) is 6.54 Å². The summed E-state index contributed by atoms with van der Waals surface area (Å²) in [6.07, 6.45) is 1.64. The van der Waals surface area contributed by atoms with Crippen molar-refractivity contribution in [3.63, 3.8) is 0 Å². The Morgan fingerprint density at radius 1 is 2.00 bits per heavy atom. The van der Waals surface area contributed by atoms with Crippen LogP contribution in [0.4, 0.5) is 0 Å². The Morgan fingerprint density at radius 2 is 2.88 bits per heavy atom. The smallest absolute Gasteiger partial charge is 0.124 e. The molecule has 0 amide bonds. The summed E-state index contributed by atoms with van der Waals surface area (Å²) < 4.78 is 0. The number of hydrogen-bond acceptors (Lipinski definition) is 3. The van der Waals surface area contributed by atoms with Crippen molar-refractivity contribution >= 4 is 6.34 Å². The molecule has 0 unspecified atom stereocenters. The predicted molar refractivity (Wildman–Crippen MR) is 31.0 cm³/mol. The summed E-state index contributed by atoms with van der Waals surface area (Å²) in [4.78, 5) is 0. The van der Waals surface area contributed by atoms with Gasteiger partial charge in [-0.2, -0.15) is 5.12 Å². The highest BCUT2D eigenvalue weighted by atomic mass is 15.7. The first-order chi connectivity index (χ1) is 3.93. The van der Waals surface area contributed by atoms with Crippen LogP contribution in [0.25, 0.3) is 0 Å². The molecule has 4 heteroatoms. The molecule has 1 aliphatic heterocycles. The summed E-state index contributed by atoms with van der Waals surface area (Å²) in [6, 6.07) is 0. The molecule has 4 nitrogen and oxygen atoms in total. The van der Waals surface area contributed by atoms with E-state index >= 15 is 0 Å². The lowest BCUT2D eigenvalue weighted by atomic mass is 10.8. The van der Waals surface area contributed by atoms with Crippen LogP contribution in [0.15, 0.2) is 5.10 Å². The van der Waals surface area contributed by atoms with Crippen molar-refractivity contribution in [1.29, 1.82) is 0 Å². The predicted octanol–water partition coefficient (Wildman–Crippen LogP) is -0.668. The van der Waals surface area contributed by atoms with E-state index in [2.05, 4.69) is 15.8 Å². The van der Waals surface area contributed by atoms with Gasteiger partial charge in [-0.25, -0.2) is 0 Å². The Balaban J connectivity index is 2.16. The van der Waals surface area contributed by atoms with Crippen LogP contribution in [0.5, 0.6) is 0 Å². The van der Waals surface area contributed by atoms with Gasteiger partial charge in [-0.05, 0) is 6.92 Å². The highest BCUT2D eigenvalue weighted by Gasteiger charge is 2.01. The molecule has 1 radical (unpaired) electrons. The van der Waals surface area contributed by atoms with Gasteiger partial charge in [-0.15, -0.1) is 10.5 Å². The number of rotatable bonds is 2. The molecule has 0 spiro atoms. The lowest BCUT2D eigenvalue weighted by Crippen LogP contribution is -2.28. The van der Waals surface area contributed by atoms with E-state index in [1.165, 1.54) is 0 Å². The second-order valence-corrected chi connectivity index (χ2v) is 1.44. The number of nitrogens with one attached hydrogen (secondary N) is 1. The van der Waals surface area contributed by atoms with Crippen molar-refractivity contribution in [1.82, 2.24) is 15.9 Å². The number of nitrogens with zero attached hydrogens (tertiary/aromatic N) is 3. The molecule has 1 rings (SSSR count). The topological polar surface area (TPSA) is 41.7 Å². The van der Waals surface area contributed by atoms with E-state index in [0.29, 0.717) is 6.67 Å². The van der Waals surface area contributed by atoms with E-state index < -0.39 is 0 Å². The molecule has 0 saturated heterocycles. The third kappa shape index (κ3) is 1.10. The molecule has 1 N–H and O–H groups in total. The van der Waals surface area contributed by atoms with E-state index in [1.54, 1.807) is 11.5 Å². The minimum absolute atomic E-state index is 0.716. The molecule has 0 bridgehead atoms. The highest BCUT2D eigenvalue weighted by Crippen LogP contribution is 1.84. The van der Waals surface area contributed by atoms with Gasteiger partial charge in [0.25, 0.3) is 0 Å². The summed E-state index contributed by atoms with van der Waals surface area (Å²) in [5, 5.41) is 8.38.